The Labute approximate surface area is 217 Å². The molecule has 2 aromatic carbocycles. The standard InChI is InChI=1S/C29H42N2O4Si/c1-28(2,3)36(4,5)35-21-24(32)19-31-22-29(25-13-9-10-14-26(25)31)15-17-30(18-16-29)27(33)34-20-23-11-7-6-8-12-23/h6-14,24,32H,15-22H2,1-5H3. The van der Waals surface area contributed by atoms with E-state index in [-0.39, 0.29) is 16.5 Å². The van der Waals surface area contributed by atoms with Gasteiger partial charge in [-0.25, -0.2) is 4.79 Å². The average molecular weight is 511 g/mol. The molecule has 2 heterocycles. The van der Waals surface area contributed by atoms with E-state index in [1.54, 1.807) is 0 Å². The number of piperidine rings is 1. The van der Waals surface area contributed by atoms with Crippen molar-refractivity contribution in [2.24, 2.45) is 0 Å². The number of ether oxygens (including phenoxy) is 1. The van der Waals surface area contributed by atoms with Gasteiger partial charge >= 0.3 is 6.09 Å². The number of carbonyl (C=O) groups is 1. The second kappa shape index (κ2) is 10.6. The van der Waals surface area contributed by atoms with Crippen LogP contribution in [-0.2, 0) is 21.2 Å². The molecular weight excluding hydrogens is 468 g/mol. The van der Waals surface area contributed by atoms with Crippen LogP contribution in [0.4, 0.5) is 10.5 Å². The smallest absolute Gasteiger partial charge is 0.410 e. The topological polar surface area (TPSA) is 62.2 Å². The highest BCUT2D eigenvalue weighted by Gasteiger charge is 2.46. The van der Waals surface area contributed by atoms with Crippen LogP contribution in [0.1, 0.15) is 44.7 Å². The lowest BCUT2D eigenvalue weighted by molar-refractivity contribution is 0.0781. The zero-order chi connectivity index (χ0) is 26.0. The number of likely N-dealkylation sites (tertiary alicyclic amines) is 1. The van der Waals surface area contributed by atoms with Crippen LogP contribution in [0.25, 0.3) is 0 Å². The quantitative estimate of drug-likeness (QED) is 0.494. The normalized spacial score (nSPS) is 18.3. The van der Waals surface area contributed by atoms with Gasteiger partial charge in [-0.15, -0.1) is 0 Å². The number of aliphatic hydroxyl groups is 1. The monoisotopic (exact) mass is 510 g/mol. The van der Waals surface area contributed by atoms with E-state index in [1.165, 1.54) is 11.3 Å². The summed E-state index contributed by atoms with van der Waals surface area (Å²) >= 11 is 0. The summed E-state index contributed by atoms with van der Waals surface area (Å²) in [5, 5.41) is 11.0. The molecule has 196 valence electrons. The van der Waals surface area contributed by atoms with Crippen LogP contribution >= 0.6 is 0 Å². The second-order valence-corrected chi connectivity index (χ2v) is 16.7. The summed E-state index contributed by atoms with van der Waals surface area (Å²) in [5.41, 5.74) is 3.52. The molecule has 1 N–H and O–H groups in total. The second-order valence-electron chi connectivity index (χ2n) is 11.9. The molecule has 1 amide bonds. The molecule has 36 heavy (non-hydrogen) atoms. The van der Waals surface area contributed by atoms with E-state index < -0.39 is 14.4 Å². The van der Waals surface area contributed by atoms with Gasteiger partial charge in [0.2, 0.25) is 0 Å². The van der Waals surface area contributed by atoms with Gasteiger partial charge in [-0.3, -0.25) is 0 Å². The summed E-state index contributed by atoms with van der Waals surface area (Å²) in [6.07, 6.45) is 0.986. The van der Waals surface area contributed by atoms with E-state index in [9.17, 15) is 9.90 Å². The van der Waals surface area contributed by atoms with E-state index >= 15 is 0 Å². The molecule has 7 heteroatoms. The van der Waals surface area contributed by atoms with Crippen molar-refractivity contribution in [1.29, 1.82) is 0 Å². The molecule has 4 rings (SSSR count). The first-order valence-corrected chi connectivity index (χ1v) is 16.0. The summed E-state index contributed by atoms with van der Waals surface area (Å²) < 4.78 is 11.9. The maximum absolute atomic E-state index is 12.7. The lowest BCUT2D eigenvalue weighted by atomic mass is 9.74. The third-order valence-corrected chi connectivity index (χ3v) is 12.9. The van der Waals surface area contributed by atoms with Crippen molar-refractivity contribution in [3.8, 4) is 0 Å². The van der Waals surface area contributed by atoms with Crippen molar-refractivity contribution in [1.82, 2.24) is 4.90 Å². The van der Waals surface area contributed by atoms with E-state index in [4.69, 9.17) is 9.16 Å². The number of amides is 1. The Kier molecular flexibility index (Phi) is 7.83. The number of carbonyl (C=O) groups excluding carboxylic acids is 1. The minimum Gasteiger partial charge on any atom is -0.445 e. The molecule has 1 saturated heterocycles. The number of rotatable bonds is 7. The molecule has 1 spiro atoms. The minimum atomic E-state index is -1.91. The van der Waals surface area contributed by atoms with Gasteiger partial charge in [0.25, 0.3) is 0 Å². The van der Waals surface area contributed by atoms with E-state index in [0.717, 1.165) is 24.9 Å². The first-order chi connectivity index (χ1) is 17.0. The zero-order valence-electron chi connectivity index (χ0n) is 22.5. The number of fused-ring (bicyclic) bond motifs is 2. The van der Waals surface area contributed by atoms with Crippen molar-refractivity contribution in [2.45, 2.75) is 69.9 Å². The van der Waals surface area contributed by atoms with Crippen molar-refractivity contribution < 1.29 is 19.1 Å². The third-order valence-electron chi connectivity index (χ3n) is 8.37. The lowest BCUT2D eigenvalue weighted by Crippen LogP contribution is -2.48. The van der Waals surface area contributed by atoms with Crippen LogP contribution in [-0.4, -0.2) is 63.3 Å². The number of para-hydroxylation sites is 1. The van der Waals surface area contributed by atoms with Crippen LogP contribution in [0, 0.1) is 0 Å². The van der Waals surface area contributed by atoms with Gasteiger partial charge in [0, 0.05) is 37.3 Å². The van der Waals surface area contributed by atoms with Gasteiger partial charge in [0.1, 0.15) is 6.61 Å². The molecule has 0 aromatic heterocycles. The summed E-state index contributed by atoms with van der Waals surface area (Å²) in [6, 6.07) is 18.3. The van der Waals surface area contributed by atoms with Gasteiger partial charge in [-0.2, -0.15) is 0 Å². The molecule has 0 saturated carbocycles. The summed E-state index contributed by atoms with van der Waals surface area (Å²) in [5.74, 6) is 0. The van der Waals surface area contributed by atoms with E-state index in [2.05, 4.69) is 63.0 Å². The zero-order valence-corrected chi connectivity index (χ0v) is 23.5. The predicted octanol–water partition coefficient (Wildman–Crippen LogP) is 5.56. The van der Waals surface area contributed by atoms with E-state index in [0.29, 0.717) is 32.8 Å². The Morgan fingerprint density at radius 3 is 2.36 bits per heavy atom. The minimum absolute atomic E-state index is 0.00713. The number of aliphatic hydroxyl groups excluding tert-OH is 1. The van der Waals surface area contributed by atoms with Crippen LogP contribution in [0.3, 0.4) is 0 Å². The van der Waals surface area contributed by atoms with Gasteiger partial charge in [0.05, 0.1) is 12.7 Å². The molecule has 0 radical (unpaired) electrons. The maximum Gasteiger partial charge on any atom is 0.410 e. The molecule has 0 bridgehead atoms. The van der Waals surface area contributed by atoms with Crippen molar-refractivity contribution in [3.63, 3.8) is 0 Å². The Balaban J connectivity index is 1.35. The molecule has 1 fully saturated rings. The Morgan fingerprint density at radius 2 is 1.69 bits per heavy atom. The Morgan fingerprint density at radius 1 is 1.06 bits per heavy atom. The molecule has 1 unspecified atom stereocenters. The number of nitrogens with zero attached hydrogens (tertiary/aromatic N) is 2. The fourth-order valence-electron chi connectivity index (χ4n) is 5.08. The van der Waals surface area contributed by atoms with E-state index in [1.807, 2.05) is 35.2 Å². The third kappa shape index (κ3) is 5.79. The van der Waals surface area contributed by atoms with Crippen LogP contribution < -0.4 is 4.90 Å². The SMILES string of the molecule is CC(C)(C)[Si](C)(C)OCC(O)CN1CC2(CCN(C(=O)OCc3ccccc3)CC2)c2ccccc21. The van der Waals surface area contributed by atoms with Crippen LogP contribution in [0.15, 0.2) is 54.6 Å². The van der Waals surface area contributed by atoms with Gasteiger partial charge < -0.3 is 24.1 Å². The van der Waals surface area contributed by atoms with Crippen LogP contribution in [0.2, 0.25) is 18.1 Å². The first kappa shape index (κ1) is 26.7. The molecule has 2 aromatic rings. The molecule has 0 aliphatic carbocycles. The largest absolute Gasteiger partial charge is 0.445 e. The molecule has 1 atom stereocenters. The molecular formula is C29H42N2O4Si. The fraction of sp³-hybridized carbons (Fsp3) is 0.552. The molecule has 2 aliphatic heterocycles. The highest BCUT2D eigenvalue weighted by atomic mass is 28.4. The first-order valence-electron chi connectivity index (χ1n) is 13.1. The van der Waals surface area contributed by atoms with Crippen molar-refractivity contribution in [2.75, 3.05) is 37.7 Å². The Bertz CT molecular complexity index is 1030. The van der Waals surface area contributed by atoms with Gasteiger partial charge in [-0.05, 0) is 48.2 Å². The number of hydrogen-bond acceptors (Lipinski definition) is 5. The predicted molar refractivity (Wildman–Crippen MR) is 147 cm³/mol. The summed E-state index contributed by atoms with van der Waals surface area (Å²) in [7, 11) is -1.91. The number of hydrogen-bond donors (Lipinski definition) is 1. The maximum atomic E-state index is 12.7. The average Bonchev–Trinajstić information content (AvgIpc) is 3.14. The van der Waals surface area contributed by atoms with Crippen molar-refractivity contribution >= 4 is 20.1 Å². The van der Waals surface area contributed by atoms with Gasteiger partial charge in [0.15, 0.2) is 8.32 Å². The Hall–Kier alpha value is -2.35. The van der Waals surface area contributed by atoms with Crippen LogP contribution in [0.5, 0.6) is 0 Å². The fourth-order valence-corrected chi connectivity index (χ4v) is 6.12. The number of anilines is 1. The summed E-state index contributed by atoms with van der Waals surface area (Å²) in [6.45, 7) is 14.5. The summed E-state index contributed by atoms with van der Waals surface area (Å²) in [4.78, 5) is 16.9. The number of benzene rings is 2. The molecule has 6 nitrogen and oxygen atoms in total. The highest BCUT2D eigenvalue weighted by Crippen LogP contribution is 2.47. The van der Waals surface area contributed by atoms with Gasteiger partial charge in [-0.1, -0.05) is 69.3 Å². The molecule has 2 aliphatic rings. The highest BCUT2D eigenvalue weighted by molar-refractivity contribution is 6.74. The number of β-amino-alcohol motifs (C(OH)–C–C–N with tert-alkyl or cyclic N) is 1. The van der Waals surface area contributed by atoms with Crippen molar-refractivity contribution in [3.05, 3.63) is 65.7 Å². The lowest BCUT2D eigenvalue weighted by Gasteiger charge is -2.40.